The van der Waals surface area contributed by atoms with E-state index in [-0.39, 0.29) is 30.6 Å². The van der Waals surface area contributed by atoms with E-state index in [9.17, 15) is 14.4 Å². The molecule has 0 spiro atoms. The number of esters is 1. The molecule has 2 aromatic carbocycles. The highest BCUT2D eigenvalue weighted by molar-refractivity contribution is 5.92. The Balaban J connectivity index is 1.66. The van der Waals surface area contributed by atoms with Gasteiger partial charge in [-0.25, -0.2) is 0 Å². The zero-order chi connectivity index (χ0) is 19.5. The Morgan fingerprint density at radius 2 is 1.56 bits per heavy atom. The van der Waals surface area contributed by atoms with Crippen molar-refractivity contribution in [1.29, 1.82) is 0 Å². The van der Waals surface area contributed by atoms with Gasteiger partial charge in [-0.05, 0) is 23.3 Å². The Morgan fingerprint density at radius 3 is 2.22 bits per heavy atom. The predicted octanol–water partition coefficient (Wildman–Crippen LogP) is 2.48. The van der Waals surface area contributed by atoms with Gasteiger partial charge in [0.25, 0.3) is 0 Å². The van der Waals surface area contributed by atoms with Crippen LogP contribution in [-0.2, 0) is 32.0 Å². The first-order valence-corrected chi connectivity index (χ1v) is 8.85. The number of carbonyl (C=O) groups excluding carboxylic acids is 3. The van der Waals surface area contributed by atoms with Crippen LogP contribution in [0.4, 0.5) is 5.69 Å². The van der Waals surface area contributed by atoms with E-state index in [2.05, 4.69) is 10.6 Å². The molecule has 0 atom stereocenters. The van der Waals surface area contributed by atoms with Crippen LogP contribution in [0.3, 0.4) is 0 Å². The number of hydrogen-bond acceptors (Lipinski definition) is 4. The minimum atomic E-state index is -0.387. The Labute approximate surface area is 158 Å². The number of hydrogen-bond donors (Lipinski definition) is 2. The molecule has 0 aromatic heterocycles. The maximum atomic E-state index is 11.9. The fourth-order valence-electron chi connectivity index (χ4n) is 2.42. The van der Waals surface area contributed by atoms with Gasteiger partial charge in [-0.15, -0.1) is 0 Å². The lowest BCUT2D eigenvalue weighted by atomic mass is 10.1. The first-order chi connectivity index (χ1) is 13.1. The first kappa shape index (κ1) is 20.2. The average molecular weight is 368 g/mol. The lowest BCUT2D eigenvalue weighted by Gasteiger charge is -2.07. The number of likely N-dealkylation sites (N-methyl/N-ethyl adjacent to an activating group) is 1. The summed E-state index contributed by atoms with van der Waals surface area (Å²) in [6.45, 7) is 0.303. The van der Waals surface area contributed by atoms with Crippen LogP contribution in [-0.4, -0.2) is 31.4 Å². The summed E-state index contributed by atoms with van der Waals surface area (Å²) in [5.74, 6) is -0.714. The third-order valence-corrected chi connectivity index (χ3v) is 3.93. The maximum Gasteiger partial charge on any atom is 0.306 e. The van der Waals surface area contributed by atoms with Crippen LogP contribution in [0.25, 0.3) is 0 Å². The van der Waals surface area contributed by atoms with Crippen molar-refractivity contribution in [2.45, 2.75) is 25.7 Å². The van der Waals surface area contributed by atoms with E-state index in [1.165, 1.54) is 0 Å². The molecule has 2 N–H and O–H groups in total. The highest BCUT2D eigenvalue weighted by atomic mass is 16.5. The number of amides is 2. The second-order valence-electron chi connectivity index (χ2n) is 6.05. The molecule has 27 heavy (non-hydrogen) atoms. The molecule has 0 heterocycles. The van der Waals surface area contributed by atoms with Crippen molar-refractivity contribution in [2.75, 3.05) is 19.0 Å². The lowest BCUT2D eigenvalue weighted by molar-refractivity contribution is -0.144. The van der Waals surface area contributed by atoms with Crippen LogP contribution < -0.4 is 10.6 Å². The van der Waals surface area contributed by atoms with Crippen LogP contribution in [0.15, 0.2) is 54.6 Å². The van der Waals surface area contributed by atoms with Gasteiger partial charge in [-0.1, -0.05) is 42.5 Å². The van der Waals surface area contributed by atoms with Crippen LogP contribution in [0.5, 0.6) is 0 Å². The fraction of sp³-hybridized carbons (Fsp3) is 0.286. The molecule has 0 unspecified atom stereocenters. The molecular formula is C21H24N2O4. The number of anilines is 1. The summed E-state index contributed by atoms with van der Waals surface area (Å²) in [6, 6.07) is 16.8. The maximum absolute atomic E-state index is 11.9. The molecule has 0 saturated heterocycles. The molecule has 2 aromatic rings. The van der Waals surface area contributed by atoms with Crippen molar-refractivity contribution in [3.8, 4) is 0 Å². The molecule has 2 amide bonds. The zero-order valence-corrected chi connectivity index (χ0v) is 15.4. The third-order valence-electron chi connectivity index (χ3n) is 3.93. The van der Waals surface area contributed by atoms with E-state index < -0.39 is 0 Å². The molecule has 0 bridgehead atoms. The quantitative estimate of drug-likeness (QED) is 0.666. The smallest absolute Gasteiger partial charge is 0.306 e. The normalized spacial score (nSPS) is 10.1. The molecule has 0 saturated carbocycles. The first-order valence-electron chi connectivity index (χ1n) is 8.85. The summed E-state index contributed by atoms with van der Waals surface area (Å²) in [5.41, 5.74) is 2.58. The topological polar surface area (TPSA) is 84.5 Å². The van der Waals surface area contributed by atoms with E-state index in [0.717, 1.165) is 11.1 Å². The summed E-state index contributed by atoms with van der Waals surface area (Å²) < 4.78 is 5.15. The highest BCUT2D eigenvalue weighted by Gasteiger charge is 2.09. The SMILES string of the molecule is CNC(=O)Cc1ccc(NC(=O)CCC(=O)OCCc2ccccc2)cc1. The second kappa shape index (κ2) is 10.8. The Bertz CT molecular complexity index is 758. The van der Waals surface area contributed by atoms with Gasteiger partial charge in [0.1, 0.15) is 0 Å². The van der Waals surface area contributed by atoms with Gasteiger partial charge >= 0.3 is 5.97 Å². The van der Waals surface area contributed by atoms with Gasteiger partial charge in [0.2, 0.25) is 11.8 Å². The Kier molecular flexibility index (Phi) is 8.03. The molecule has 6 heteroatoms. The minimum Gasteiger partial charge on any atom is -0.465 e. The zero-order valence-electron chi connectivity index (χ0n) is 15.4. The van der Waals surface area contributed by atoms with Gasteiger partial charge in [-0.3, -0.25) is 14.4 Å². The fourth-order valence-corrected chi connectivity index (χ4v) is 2.42. The molecular weight excluding hydrogens is 344 g/mol. The molecule has 0 fully saturated rings. The molecule has 0 aliphatic rings. The third kappa shape index (κ3) is 7.73. The highest BCUT2D eigenvalue weighted by Crippen LogP contribution is 2.11. The van der Waals surface area contributed by atoms with E-state index >= 15 is 0 Å². The lowest BCUT2D eigenvalue weighted by Crippen LogP contribution is -2.20. The number of benzene rings is 2. The van der Waals surface area contributed by atoms with Gasteiger partial charge < -0.3 is 15.4 Å². The van der Waals surface area contributed by atoms with Crippen LogP contribution in [0.1, 0.15) is 24.0 Å². The number of ether oxygens (including phenoxy) is 1. The standard InChI is InChI=1S/C21H24N2O4/c1-22-20(25)15-17-7-9-18(10-8-17)23-19(24)11-12-21(26)27-14-13-16-5-3-2-4-6-16/h2-10H,11-15H2,1H3,(H,22,25)(H,23,24). The van der Waals surface area contributed by atoms with Gasteiger partial charge in [0.15, 0.2) is 0 Å². The summed E-state index contributed by atoms with van der Waals surface area (Å²) in [6.07, 6.45) is 1.04. The largest absolute Gasteiger partial charge is 0.465 e. The molecule has 2 rings (SSSR count). The van der Waals surface area contributed by atoms with Gasteiger partial charge in [-0.2, -0.15) is 0 Å². The van der Waals surface area contributed by atoms with Crippen molar-refractivity contribution >= 4 is 23.5 Å². The van der Waals surface area contributed by atoms with Gasteiger partial charge in [0, 0.05) is 25.6 Å². The van der Waals surface area contributed by atoms with E-state index in [1.54, 1.807) is 31.3 Å². The van der Waals surface area contributed by atoms with Crippen LogP contribution in [0, 0.1) is 0 Å². The van der Waals surface area contributed by atoms with Gasteiger partial charge in [0.05, 0.1) is 19.4 Å². The van der Waals surface area contributed by atoms with Crippen molar-refractivity contribution in [2.24, 2.45) is 0 Å². The second-order valence-corrected chi connectivity index (χ2v) is 6.05. The molecule has 0 radical (unpaired) electrons. The molecule has 6 nitrogen and oxygen atoms in total. The van der Waals surface area contributed by atoms with Crippen LogP contribution in [0.2, 0.25) is 0 Å². The Hall–Kier alpha value is -3.15. The summed E-state index contributed by atoms with van der Waals surface area (Å²) >= 11 is 0. The molecule has 142 valence electrons. The summed E-state index contributed by atoms with van der Waals surface area (Å²) in [4.78, 5) is 35.0. The molecule has 0 aliphatic carbocycles. The van der Waals surface area contributed by atoms with Crippen molar-refractivity contribution < 1.29 is 19.1 Å². The van der Waals surface area contributed by atoms with Crippen molar-refractivity contribution in [3.63, 3.8) is 0 Å². The monoisotopic (exact) mass is 368 g/mol. The van der Waals surface area contributed by atoms with Crippen molar-refractivity contribution in [3.05, 3.63) is 65.7 Å². The van der Waals surface area contributed by atoms with Crippen molar-refractivity contribution in [1.82, 2.24) is 5.32 Å². The van der Waals surface area contributed by atoms with E-state index in [0.29, 0.717) is 25.1 Å². The number of carbonyl (C=O) groups is 3. The average Bonchev–Trinajstić information content (AvgIpc) is 2.68. The van der Waals surface area contributed by atoms with E-state index in [4.69, 9.17) is 4.74 Å². The molecule has 0 aliphatic heterocycles. The number of nitrogens with one attached hydrogen (secondary N) is 2. The summed E-state index contributed by atoms with van der Waals surface area (Å²) in [5, 5.41) is 5.29. The van der Waals surface area contributed by atoms with E-state index in [1.807, 2.05) is 30.3 Å². The predicted molar refractivity (Wildman–Crippen MR) is 103 cm³/mol. The number of rotatable bonds is 9. The minimum absolute atomic E-state index is 0.0371. The Morgan fingerprint density at radius 1 is 0.852 bits per heavy atom. The van der Waals surface area contributed by atoms with Crippen LogP contribution >= 0.6 is 0 Å². The summed E-state index contributed by atoms with van der Waals surface area (Å²) in [7, 11) is 1.59.